The Hall–Kier alpha value is -2.22. The summed E-state index contributed by atoms with van der Waals surface area (Å²) in [5.74, 6) is -0.708. The number of methoxy groups -OCH3 is 1. The van der Waals surface area contributed by atoms with Crippen LogP contribution in [0.5, 0.6) is 5.88 Å². The van der Waals surface area contributed by atoms with Crippen LogP contribution in [0.2, 0.25) is 0 Å². The summed E-state index contributed by atoms with van der Waals surface area (Å²) >= 11 is 0. The van der Waals surface area contributed by atoms with Crippen molar-refractivity contribution in [3.63, 3.8) is 0 Å². The molecule has 25 heavy (non-hydrogen) atoms. The van der Waals surface area contributed by atoms with Crippen molar-refractivity contribution in [1.82, 2.24) is 10.3 Å². The molecule has 0 spiro atoms. The zero-order valence-corrected chi connectivity index (χ0v) is 15.2. The predicted molar refractivity (Wildman–Crippen MR) is 90.8 cm³/mol. The highest BCUT2D eigenvalue weighted by atomic mass is 16.6. The maximum atomic E-state index is 12.4. The SMILES string of the molecule is CCOC(=O)[C@H]1N[C@@H](c2cccnc2OC)[C@@H]([N+](=O)[O-])[C@@H]1C(C)(C)C. The van der Waals surface area contributed by atoms with Gasteiger partial charge in [0, 0.05) is 16.7 Å². The lowest BCUT2D eigenvalue weighted by molar-refractivity contribution is -0.535. The van der Waals surface area contributed by atoms with E-state index in [1.54, 1.807) is 25.3 Å². The first kappa shape index (κ1) is 19.1. The molecule has 0 unspecified atom stereocenters. The van der Waals surface area contributed by atoms with Gasteiger partial charge in [-0.2, -0.15) is 0 Å². The van der Waals surface area contributed by atoms with Gasteiger partial charge in [-0.25, -0.2) is 4.98 Å². The number of carbonyl (C=O) groups is 1. The van der Waals surface area contributed by atoms with Gasteiger partial charge in [-0.05, 0) is 18.4 Å². The number of ether oxygens (including phenoxy) is 2. The van der Waals surface area contributed by atoms with Crippen LogP contribution < -0.4 is 10.1 Å². The minimum atomic E-state index is -1.01. The number of aromatic nitrogens is 1. The molecule has 1 aromatic rings. The number of hydrogen-bond donors (Lipinski definition) is 1. The maximum Gasteiger partial charge on any atom is 0.323 e. The minimum Gasteiger partial charge on any atom is -0.481 e. The number of hydrogen-bond acceptors (Lipinski definition) is 7. The molecular formula is C17H25N3O5. The van der Waals surface area contributed by atoms with Crippen molar-refractivity contribution in [2.24, 2.45) is 11.3 Å². The second-order valence-corrected chi connectivity index (χ2v) is 7.14. The van der Waals surface area contributed by atoms with Gasteiger partial charge in [0.15, 0.2) is 0 Å². The Morgan fingerprint density at radius 2 is 2.12 bits per heavy atom. The minimum absolute atomic E-state index is 0.220. The van der Waals surface area contributed by atoms with Crippen molar-refractivity contribution in [2.45, 2.75) is 45.8 Å². The smallest absolute Gasteiger partial charge is 0.323 e. The van der Waals surface area contributed by atoms with E-state index in [4.69, 9.17) is 9.47 Å². The third-order valence-electron chi connectivity index (χ3n) is 4.54. The summed E-state index contributed by atoms with van der Waals surface area (Å²) in [7, 11) is 1.46. The van der Waals surface area contributed by atoms with E-state index in [1.165, 1.54) is 7.11 Å². The molecule has 0 aromatic carbocycles. The summed E-state index contributed by atoms with van der Waals surface area (Å²) in [6.07, 6.45) is 1.56. The second kappa shape index (κ2) is 7.35. The van der Waals surface area contributed by atoms with E-state index in [0.29, 0.717) is 11.4 Å². The van der Waals surface area contributed by atoms with E-state index in [9.17, 15) is 14.9 Å². The molecule has 0 saturated carbocycles. The third kappa shape index (κ3) is 3.73. The molecule has 2 rings (SSSR count). The average Bonchev–Trinajstić information content (AvgIpc) is 2.96. The summed E-state index contributed by atoms with van der Waals surface area (Å²) in [6, 6.07) is 0.947. The number of nitro groups is 1. The number of nitrogens with one attached hydrogen (secondary N) is 1. The zero-order chi connectivity index (χ0) is 18.8. The fourth-order valence-corrected chi connectivity index (χ4v) is 3.60. The van der Waals surface area contributed by atoms with Crippen LogP contribution in [0, 0.1) is 21.4 Å². The Morgan fingerprint density at radius 3 is 2.64 bits per heavy atom. The fraction of sp³-hybridized carbons (Fsp3) is 0.647. The van der Waals surface area contributed by atoms with Crippen molar-refractivity contribution < 1.29 is 19.2 Å². The number of rotatable bonds is 5. The van der Waals surface area contributed by atoms with Crippen molar-refractivity contribution in [3.05, 3.63) is 34.0 Å². The molecule has 1 aromatic heterocycles. The summed E-state index contributed by atoms with van der Waals surface area (Å²) in [6.45, 7) is 7.62. The molecule has 1 aliphatic rings. The summed E-state index contributed by atoms with van der Waals surface area (Å²) in [4.78, 5) is 28.2. The molecule has 4 atom stereocenters. The molecule has 138 valence electrons. The molecule has 0 radical (unpaired) electrons. The molecule has 1 N–H and O–H groups in total. The molecular weight excluding hydrogens is 326 g/mol. The molecule has 8 heteroatoms. The first-order chi connectivity index (χ1) is 11.7. The first-order valence-corrected chi connectivity index (χ1v) is 8.27. The summed E-state index contributed by atoms with van der Waals surface area (Å²) in [5.41, 5.74) is 0.0829. The van der Waals surface area contributed by atoms with E-state index in [2.05, 4.69) is 10.3 Å². The highest BCUT2D eigenvalue weighted by Crippen LogP contribution is 2.45. The Balaban J connectivity index is 2.53. The highest BCUT2D eigenvalue weighted by Gasteiger charge is 2.58. The third-order valence-corrected chi connectivity index (χ3v) is 4.54. The lowest BCUT2D eigenvalue weighted by atomic mass is 9.73. The van der Waals surface area contributed by atoms with Crippen LogP contribution in [0.25, 0.3) is 0 Å². The Morgan fingerprint density at radius 1 is 1.44 bits per heavy atom. The van der Waals surface area contributed by atoms with Gasteiger partial charge in [-0.15, -0.1) is 0 Å². The van der Waals surface area contributed by atoms with Crippen LogP contribution in [0.4, 0.5) is 0 Å². The standard InChI is InChI=1S/C17H25N3O5/c1-6-25-16(21)13-11(17(2,3)4)14(20(22)23)12(19-13)10-8-7-9-18-15(10)24-5/h7-9,11-14,19H,6H2,1-5H3/t11-,12+,13+,14+/m1/s1. The number of nitrogens with zero attached hydrogens (tertiary/aromatic N) is 2. The van der Waals surface area contributed by atoms with Crippen LogP contribution in [0.1, 0.15) is 39.3 Å². The second-order valence-electron chi connectivity index (χ2n) is 7.14. The molecule has 1 saturated heterocycles. The summed E-state index contributed by atoms with van der Waals surface area (Å²) < 4.78 is 10.4. The molecule has 8 nitrogen and oxygen atoms in total. The number of pyridine rings is 1. The zero-order valence-electron chi connectivity index (χ0n) is 15.2. The largest absolute Gasteiger partial charge is 0.481 e. The van der Waals surface area contributed by atoms with Gasteiger partial charge in [0.1, 0.15) is 12.1 Å². The van der Waals surface area contributed by atoms with E-state index in [0.717, 1.165) is 0 Å². The van der Waals surface area contributed by atoms with E-state index >= 15 is 0 Å². The van der Waals surface area contributed by atoms with E-state index in [-0.39, 0.29) is 11.5 Å². The first-order valence-electron chi connectivity index (χ1n) is 8.27. The Kier molecular flexibility index (Phi) is 5.62. The molecule has 0 aliphatic carbocycles. The van der Waals surface area contributed by atoms with Crippen molar-refractivity contribution in [3.8, 4) is 5.88 Å². The predicted octanol–water partition coefficient (Wildman–Crippen LogP) is 1.97. The van der Waals surface area contributed by atoms with Crippen LogP contribution >= 0.6 is 0 Å². The van der Waals surface area contributed by atoms with Crippen molar-refractivity contribution in [1.29, 1.82) is 0 Å². The van der Waals surface area contributed by atoms with Gasteiger partial charge in [0.2, 0.25) is 11.9 Å². The average molecular weight is 351 g/mol. The lowest BCUT2D eigenvalue weighted by Crippen LogP contribution is -2.45. The van der Waals surface area contributed by atoms with Gasteiger partial charge in [0.05, 0.1) is 19.6 Å². The Labute approximate surface area is 147 Å². The van der Waals surface area contributed by atoms with Crippen molar-refractivity contribution >= 4 is 5.97 Å². The fourth-order valence-electron chi connectivity index (χ4n) is 3.60. The highest BCUT2D eigenvalue weighted by molar-refractivity contribution is 5.77. The van der Waals surface area contributed by atoms with E-state index < -0.39 is 35.4 Å². The van der Waals surface area contributed by atoms with Crippen LogP contribution in [0.15, 0.2) is 18.3 Å². The van der Waals surface area contributed by atoms with Gasteiger partial charge in [-0.1, -0.05) is 26.8 Å². The lowest BCUT2D eigenvalue weighted by Gasteiger charge is -2.31. The molecule has 2 heterocycles. The van der Waals surface area contributed by atoms with Gasteiger partial charge < -0.3 is 9.47 Å². The van der Waals surface area contributed by atoms with Gasteiger partial charge in [-0.3, -0.25) is 20.2 Å². The van der Waals surface area contributed by atoms with Gasteiger partial charge in [0.25, 0.3) is 0 Å². The van der Waals surface area contributed by atoms with Crippen LogP contribution in [0.3, 0.4) is 0 Å². The molecule has 1 fully saturated rings. The molecule has 0 bridgehead atoms. The van der Waals surface area contributed by atoms with Crippen LogP contribution in [-0.4, -0.2) is 41.7 Å². The monoisotopic (exact) mass is 351 g/mol. The normalized spacial score (nSPS) is 26.3. The quantitative estimate of drug-likeness (QED) is 0.491. The molecule has 0 amide bonds. The Bertz CT molecular complexity index is 643. The van der Waals surface area contributed by atoms with E-state index in [1.807, 2.05) is 20.8 Å². The number of esters is 1. The summed E-state index contributed by atoms with van der Waals surface area (Å²) in [5, 5.41) is 15.0. The molecule has 1 aliphatic heterocycles. The topological polar surface area (TPSA) is 104 Å². The van der Waals surface area contributed by atoms with Crippen molar-refractivity contribution in [2.75, 3.05) is 13.7 Å². The number of carbonyl (C=O) groups excluding carboxylic acids is 1. The van der Waals surface area contributed by atoms with Gasteiger partial charge >= 0.3 is 5.97 Å². The maximum absolute atomic E-state index is 12.4. The van der Waals surface area contributed by atoms with Crippen LogP contribution in [-0.2, 0) is 9.53 Å².